The SMILES string of the molecule is CCn1cc(CN2CC[C@H]3N(C)S(=O)(=O)CC[C@]3(C(=O)N(C)C)C2)c(C)n1. The quantitative estimate of drug-likeness (QED) is 0.740. The van der Waals surface area contributed by atoms with Crippen LogP contribution in [0.1, 0.15) is 31.0 Å². The minimum absolute atomic E-state index is 0.0277. The molecule has 3 rings (SSSR count). The monoisotopic (exact) mass is 397 g/mol. The molecule has 1 amide bonds. The zero-order chi connectivity index (χ0) is 20.0. The van der Waals surface area contributed by atoms with Crippen molar-refractivity contribution in [2.45, 2.75) is 45.8 Å². The molecule has 2 aliphatic rings. The first-order valence-electron chi connectivity index (χ1n) is 9.53. The molecule has 0 aliphatic carbocycles. The number of hydrogen-bond acceptors (Lipinski definition) is 5. The van der Waals surface area contributed by atoms with E-state index < -0.39 is 15.4 Å². The molecule has 2 saturated heterocycles. The summed E-state index contributed by atoms with van der Waals surface area (Å²) in [6.45, 7) is 6.97. The molecule has 2 aliphatic heterocycles. The summed E-state index contributed by atoms with van der Waals surface area (Å²) in [7, 11) is 1.86. The van der Waals surface area contributed by atoms with E-state index in [1.807, 2.05) is 11.6 Å². The maximum absolute atomic E-state index is 13.2. The van der Waals surface area contributed by atoms with Crippen LogP contribution in [0, 0.1) is 12.3 Å². The highest BCUT2D eigenvalue weighted by Crippen LogP contribution is 2.43. The summed E-state index contributed by atoms with van der Waals surface area (Å²) in [6, 6.07) is -0.276. The molecule has 0 radical (unpaired) electrons. The summed E-state index contributed by atoms with van der Waals surface area (Å²) in [6.07, 6.45) is 3.11. The Labute approximate surface area is 162 Å². The smallest absolute Gasteiger partial charge is 0.231 e. The van der Waals surface area contributed by atoms with Crippen molar-refractivity contribution in [2.75, 3.05) is 40.0 Å². The minimum Gasteiger partial charge on any atom is -0.348 e. The number of fused-ring (bicyclic) bond motifs is 1. The first-order chi connectivity index (χ1) is 12.6. The maximum atomic E-state index is 13.2. The molecule has 1 aromatic rings. The Morgan fingerprint density at radius 1 is 1.41 bits per heavy atom. The predicted molar refractivity (Wildman–Crippen MR) is 104 cm³/mol. The number of aryl methyl sites for hydroxylation is 2. The number of rotatable bonds is 4. The molecule has 0 saturated carbocycles. The molecular formula is C18H31N5O3S. The molecule has 27 heavy (non-hydrogen) atoms. The van der Waals surface area contributed by atoms with Gasteiger partial charge in [0.1, 0.15) is 0 Å². The molecule has 2 atom stereocenters. The molecule has 0 unspecified atom stereocenters. The van der Waals surface area contributed by atoms with Gasteiger partial charge in [0.15, 0.2) is 0 Å². The van der Waals surface area contributed by atoms with Crippen molar-refractivity contribution in [1.29, 1.82) is 0 Å². The van der Waals surface area contributed by atoms with Crippen LogP contribution in [0.15, 0.2) is 6.20 Å². The van der Waals surface area contributed by atoms with Gasteiger partial charge in [-0.2, -0.15) is 5.10 Å². The number of sulfonamides is 1. The van der Waals surface area contributed by atoms with Gasteiger partial charge in [0.2, 0.25) is 15.9 Å². The number of piperidine rings is 1. The third kappa shape index (κ3) is 3.52. The van der Waals surface area contributed by atoms with Crippen molar-refractivity contribution in [2.24, 2.45) is 5.41 Å². The lowest BCUT2D eigenvalue weighted by atomic mass is 9.72. The summed E-state index contributed by atoms with van der Waals surface area (Å²) in [5.74, 6) is 0.0557. The molecule has 0 bridgehead atoms. The average Bonchev–Trinajstić information content (AvgIpc) is 2.97. The number of aromatic nitrogens is 2. The van der Waals surface area contributed by atoms with Gasteiger partial charge in [-0.1, -0.05) is 0 Å². The van der Waals surface area contributed by atoms with E-state index in [1.165, 1.54) is 9.87 Å². The molecule has 9 heteroatoms. The lowest BCUT2D eigenvalue weighted by molar-refractivity contribution is -0.148. The van der Waals surface area contributed by atoms with Gasteiger partial charge in [0.25, 0.3) is 0 Å². The Balaban J connectivity index is 1.89. The van der Waals surface area contributed by atoms with Crippen molar-refractivity contribution in [3.63, 3.8) is 0 Å². The molecule has 1 aromatic heterocycles. The van der Waals surface area contributed by atoms with Crippen LogP contribution in [0.5, 0.6) is 0 Å². The predicted octanol–water partition coefficient (Wildman–Crippen LogP) is 0.526. The lowest BCUT2D eigenvalue weighted by Gasteiger charge is -2.53. The standard InChI is InChI=1S/C18H31N5O3S/c1-6-23-12-15(14(2)19-23)11-22-9-7-16-18(13-22,17(24)20(3)4)8-10-27(25,26)21(16)5/h12,16H,6-11,13H2,1-5H3/t16-,18+/m1/s1. The van der Waals surface area contributed by atoms with Gasteiger partial charge in [-0.3, -0.25) is 14.4 Å². The highest BCUT2D eigenvalue weighted by molar-refractivity contribution is 7.89. The molecule has 0 N–H and O–H groups in total. The van der Waals surface area contributed by atoms with E-state index in [0.717, 1.165) is 25.3 Å². The summed E-state index contributed by atoms with van der Waals surface area (Å²) in [4.78, 5) is 17.1. The van der Waals surface area contributed by atoms with E-state index in [4.69, 9.17) is 0 Å². The van der Waals surface area contributed by atoms with Crippen LogP contribution >= 0.6 is 0 Å². The number of carbonyl (C=O) groups excluding carboxylic acids is 1. The second-order valence-electron chi connectivity index (χ2n) is 8.05. The lowest BCUT2D eigenvalue weighted by Crippen LogP contribution is -2.66. The normalized spacial score (nSPS) is 28.7. The Morgan fingerprint density at radius 2 is 2.11 bits per heavy atom. The van der Waals surface area contributed by atoms with Gasteiger partial charge in [0.05, 0.1) is 16.9 Å². The van der Waals surface area contributed by atoms with Crippen molar-refractivity contribution < 1.29 is 13.2 Å². The molecule has 0 aromatic carbocycles. The third-order valence-corrected chi connectivity index (χ3v) is 8.00. The van der Waals surface area contributed by atoms with Crippen LogP contribution in [-0.2, 0) is 27.9 Å². The summed E-state index contributed by atoms with van der Waals surface area (Å²) >= 11 is 0. The second kappa shape index (κ2) is 7.18. The van der Waals surface area contributed by atoms with E-state index in [9.17, 15) is 13.2 Å². The summed E-state index contributed by atoms with van der Waals surface area (Å²) in [5, 5.41) is 4.52. The Bertz CT molecular complexity index is 819. The average molecular weight is 398 g/mol. The van der Waals surface area contributed by atoms with Crippen LogP contribution < -0.4 is 0 Å². The number of amides is 1. The fourth-order valence-electron chi connectivity index (χ4n) is 4.60. The Morgan fingerprint density at radius 3 is 2.70 bits per heavy atom. The number of carbonyl (C=O) groups is 1. The van der Waals surface area contributed by atoms with E-state index in [2.05, 4.69) is 23.1 Å². The Kier molecular flexibility index (Phi) is 5.39. The van der Waals surface area contributed by atoms with Crippen LogP contribution in [0.25, 0.3) is 0 Å². The van der Waals surface area contributed by atoms with Crippen LogP contribution in [0.4, 0.5) is 0 Å². The van der Waals surface area contributed by atoms with Gasteiger partial charge in [-0.05, 0) is 26.7 Å². The fourth-order valence-corrected chi connectivity index (χ4v) is 6.21. The molecule has 2 fully saturated rings. The molecule has 0 spiro atoms. The second-order valence-corrected chi connectivity index (χ2v) is 10.2. The van der Waals surface area contributed by atoms with Gasteiger partial charge < -0.3 is 4.90 Å². The van der Waals surface area contributed by atoms with E-state index in [1.54, 1.807) is 26.0 Å². The minimum atomic E-state index is -3.28. The van der Waals surface area contributed by atoms with Crippen LogP contribution in [0.3, 0.4) is 0 Å². The van der Waals surface area contributed by atoms with E-state index in [-0.39, 0.29) is 17.7 Å². The van der Waals surface area contributed by atoms with Crippen molar-refractivity contribution in [1.82, 2.24) is 23.9 Å². The highest BCUT2D eigenvalue weighted by atomic mass is 32.2. The highest BCUT2D eigenvalue weighted by Gasteiger charge is 2.56. The van der Waals surface area contributed by atoms with E-state index >= 15 is 0 Å². The van der Waals surface area contributed by atoms with Crippen molar-refractivity contribution in [3.8, 4) is 0 Å². The van der Waals surface area contributed by atoms with Crippen LogP contribution in [-0.4, -0.2) is 84.2 Å². The number of hydrogen-bond donors (Lipinski definition) is 0. The van der Waals surface area contributed by atoms with Crippen LogP contribution in [0.2, 0.25) is 0 Å². The first kappa shape index (κ1) is 20.3. The van der Waals surface area contributed by atoms with Gasteiger partial charge in [0, 0.05) is 65.1 Å². The Hall–Kier alpha value is -1.45. The fraction of sp³-hybridized carbons (Fsp3) is 0.778. The van der Waals surface area contributed by atoms with Crippen molar-refractivity contribution in [3.05, 3.63) is 17.5 Å². The zero-order valence-electron chi connectivity index (χ0n) is 17.0. The third-order valence-electron chi connectivity index (χ3n) is 6.14. The summed E-state index contributed by atoms with van der Waals surface area (Å²) < 4.78 is 28.2. The first-order valence-corrected chi connectivity index (χ1v) is 11.1. The van der Waals surface area contributed by atoms with Gasteiger partial charge >= 0.3 is 0 Å². The number of nitrogens with zero attached hydrogens (tertiary/aromatic N) is 5. The van der Waals surface area contributed by atoms with Gasteiger partial charge in [-0.15, -0.1) is 0 Å². The van der Waals surface area contributed by atoms with E-state index in [0.29, 0.717) is 19.4 Å². The zero-order valence-corrected chi connectivity index (χ0v) is 17.8. The molecule has 3 heterocycles. The maximum Gasteiger partial charge on any atom is 0.231 e. The topological polar surface area (TPSA) is 78.8 Å². The largest absolute Gasteiger partial charge is 0.348 e. The number of likely N-dealkylation sites (tertiary alicyclic amines) is 1. The molecule has 152 valence electrons. The van der Waals surface area contributed by atoms with Gasteiger partial charge in [-0.25, -0.2) is 12.7 Å². The summed E-state index contributed by atoms with van der Waals surface area (Å²) in [5.41, 5.74) is 1.49. The van der Waals surface area contributed by atoms with Crippen molar-refractivity contribution >= 4 is 15.9 Å². The molecule has 8 nitrogen and oxygen atoms in total. The molecular weight excluding hydrogens is 366 g/mol.